The van der Waals surface area contributed by atoms with Crippen molar-refractivity contribution in [2.45, 2.75) is 45.1 Å². The predicted octanol–water partition coefficient (Wildman–Crippen LogP) is 5.07. The summed E-state index contributed by atoms with van der Waals surface area (Å²) in [4.78, 5) is 41.3. The fourth-order valence-electron chi connectivity index (χ4n) is 4.91. The molecule has 8 heteroatoms. The van der Waals surface area contributed by atoms with E-state index in [0.29, 0.717) is 12.2 Å². The Labute approximate surface area is 217 Å². The lowest BCUT2D eigenvalue weighted by atomic mass is 9.87. The van der Waals surface area contributed by atoms with Crippen molar-refractivity contribution >= 4 is 55.6 Å². The maximum Gasteiger partial charge on any atom is 0.328 e. The van der Waals surface area contributed by atoms with Crippen molar-refractivity contribution in [1.29, 1.82) is 0 Å². The van der Waals surface area contributed by atoms with Crippen LogP contribution < -0.4 is 5.32 Å². The summed E-state index contributed by atoms with van der Waals surface area (Å²) in [5.74, 6) is -0.815. The summed E-state index contributed by atoms with van der Waals surface area (Å²) in [5, 5.41) is 3.96. The molecule has 0 saturated heterocycles. The molecule has 3 aromatic rings. The maximum atomic E-state index is 13.6. The minimum absolute atomic E-state index is 0.0148. The van der Waals surface area contributed by atoms with Crippen LogP contribution in [0.25, 0.3) is 10.9 Å². The molecule has 3 unspecified atom stereocenters. The highest BCUT2D eigenvalue weighted by atomic mass is 79.9. The van der Waals surface area contributed by atoms with Gasteiger partial charge in [0, 0.05) is 40.7 Å². The van der Waals surface area contributed by atoms with E-state index in [4.69, 9.17) is 4.74 Å². The Balaban J connectivity index is 1.59. The van der Waals surface area contributed by atoms with Crippen molar-refractivity contribution in [3.05, 3.63) is 69.3 Å². The zero-order valence-corrected chi connectivity index (χ0v) is 22.4. The first-order valence-corrected chi connectivity index (χ1v) is 13.4. The molecular formula is C27H29BrN2O4S. The van der Waals surface area contributed by atoms with Crippen molar-refractivity contribution < 1.29 is 19.1 Å². The molecular weight excluding hydrogens is 528 g/mol. The minimum atomic E-state index is -0.831. The number of fused-ring (bicyclic) bond motifs is 2. The maximum absolute atomic E-state index is 13.6. The molecule has 1 aliphatic rings. The molecule has 2 N–H and O–H groups in total. The zero-order chi connectivity index (χ0) is 25.1. The fraction of sp³-hybridized carbons (Fsp3) is 0.370. The number of ether oxygens (including phenoxy) is 1. The number of aryl methyl sites for hydroxylation is 2. The highest BCUT2D eigenvalue weighted by Gasteiger charge is 2.36. The lowest BCUT2D eigenvalue weighted by molar-refractivity contribution is -0.145. The number of carbonyl (C=O) groups is 3. The molecule has 4 rings (SSSR count). The van der Waals surface area contributed by atoms with Gasteiger partial charge in [-0.3, -0.25) is 9.59 Å². The summed E-state index contributed by atoms with van der Waals surface area (Å²) < 4.78 is 6.05. The normalized spacial score (nSPS) is 16.5. The van der Waals surface area contributed by atoms with Crippen molar-refractivity contribution in [3.8, 4) is 0 Å². The molecule has 0 bridgehead atoms. The molecule has 184 valence electrons. The van der Waals surface area contributed by atoms with Crippen molar-refractivity contribution in [2.24, 2.45) is 5.92 Å². The molecule has 1 heterocycles. The van der Waals surface area contributed by atoms with E-state index < -0.39 is 17.9 Å². The number of rotatable bonds is 8. The molecule has 0 saturated carbocycles. The van der Waals surface area contributed by atoms with Gasteiger partial charge in [0.2, 0.25) is 5.91 Å². The van der Waals surface area contributed by atoms with Crippen LogP contribution in [0.5, 0.6) is 0 Å². The number of aromatic nitrogens is 1. The minimum Gasteiger partial charge on any atom is -0.467 e. The van der Waals surface area contributed by atoms with Crippen LogP contribution in [0.15, 0.2) is 47.1 Å². The molecule has 0 spiro atoms. The molecule has 1 aromatic heterocycles. The number of H-pyrrole nitrogens is 1. The molecule has 6 nitrogen and oxygen atoms in total. The molecule has 3 atom stereocenters. The fourth-order valence-corrected chi connectivity index (χ4v) is 6.12. The van der Waals surface area contributed by atoms with Crippen LogP contribution >= 0.6 is 27.7 Å². The highest BCUT2D eigenvalue weighted by Crippen LogP contribution is 2.41. The highest BCUT2D eigenvalue weighted by molar-refractivity contribution is 9.10. The third-order valence-electron chi connectivity index (χ3n) is 6.67. The number of aromatic amines is 1. The van der Waals surface area contributed by atoms with Gasteiger partial charge in [0.15, 0.2) is 5.12 Å². The summed E-state index contributed by atoms with van der Waals surface area (Å²) in [6.07, 6.45) is 3.89. The Morgan fingerprint density at radius 2 is 2.03 bits per heavy atom. The van der Waals surface area contributed by atoms with E-state index >= 15 is 0 Å². The van der Waals surface area contributed by atoms with E-state index in [0.717, 1.165) is 56.7 Å². The largest absolute Gasteiger partial charge is 0.467 e. The number of benzene rings is 2. The van der Waals surface area contributed by atoms with Gasteiger partial charge in [0.25, 0.3) is 0 Å². The molecule has 35 heavy (non-hydrogen) atoms. The van der Waals surface area contributed by atoms with Crippen molar-refractivity contribution in [2.75, 3.05) is 12.9 Å². The van der Waals surface area contributed by atoms with Crippen LogP contribution in [0.4, 0.5) is 0 Å². The summed E-state index contributed by atoms with van der Waals surface area (Å²) in [5.41, 5.74) is 5.38. The van der Waals surface area contributed by atoms with Gasteiger partial charge in [-0.2, -0.15) is 0 Å². The Kier molecular flexibility index (Phi) is 8.02. The first kappa shape index (κ1) is 25.5. The van der Waals surface area contributed by atoms with E-state index in [2.05, 4.69) is 44.4 Å². The average Bonchev–Trinajstić information content (AvgIpc) is 3.41. The number of carbonyl (C=O) groups excluding carboxylic acids is 3. The van der Waals surface area contributed by atoms with Gasteiger partial charge in [0.05, 0.1) is 13.0 Å². The number of hydrogen-bond donors (Lipinski definition) is 2. The standard InChI is InChI=1S/C27H29BrN2O4S/c1-15-4-9-24-22(10-15)18(13-29-24)12-25(27(33)34-3)30-26(32)23(14-35-16(2)31)21-7-5-17-11-19(28)6-8-20(17)21/h4,6,8-11,13,21,23,25,29H,5,7,12,14H2,1-3H3,(H,30,32). The number of methoxy groups -OCH3 is 1. The lowest BCUT2D eigenvalue weighted by Gasteiger charge is -2.26. The van der Waals surface area contributed by atoms with Crippen LogP contribution in [0.3, 0.4) is 0 Å². The monoisotopic (exact) mass is 556 g/mol. The Morgan fingerprint density at radius 3 is 2.77 bits per heavy atom. The predicted molar refractivity (Wildman–Crippen MR) is 143 cm³/mol. The van der Waals surface area contributed by atoms with Crippen LogP contribution in [0, 0.1) is 12.8 Å². The van der Waals surface area contributed by atoms with Gasteiger partial charge in [-0.15, -0.1) is 0 Å². The lowest BCUT2D eigenvalue weighted by Crippen LogP contribution is -2.47. The van der Waals surface area contributed by atoms with Crippen LogP contribution in [-0.2, 0) is 32.0 Å². The van der Waals surface area contributed by atoms with Crippen molar-refractivity contribution in [3.63, 3.8) is 0 Å². The summed E-state index contributed by atoms with van der Waals surface area (Å²) in [6, 6.07) is 11.4. The van der Waals surface area contributed by atoms with Gasteiger partial charge in [-0.05, 0) is 66.6 Å². The van der Waals surface area contributed by atoms with E-state index in [1.54, 1.807) is 0 Å². The van der Waals surface area contributed by atoms with E-state index in [1.807, 2.05) is 31.3 Å². The number of nitrogens with one attached hydrogen (secondary N) is 2. The summed E-state index contributed by atoms with van der Waals surface area (Å²) >= 11 is 4.68. The van der Waals surface area contributed by atoms with E-state index in [1.165, 1.54) is 19.6 Å². The van der Waals surface area contributed by atoms with Gasteiger partial charge < -0.3 is 15.0 Å². The van der Waals surface area contributed by atoms with Gasteiger partial charge in [-0.25, -0.2) is 4.79 Å². The number of hydrogen-bond acceptors (Lipinski definition) is 5. The van der Waals surface area contributed by atoms with Crippen LogP contribution in [-0.4, -0.2) is 40.9 Å². The smallest absolute Gasteiger partial charge is 0.328 e. The Morgan fingerprint density at radius 1 is 1.23 bits per heavy atom. The van der Waals surface area contributed by atoms with E-state index in [9.17, 15) is 14.4 Å². The second-order valence-electron chi connectivity index (χ2n) is 9.05. The summed E-state index contributed by atoms with van der Waals surface area (Å²) in [7, 11) is 1.33. The van der Waals surface area contributed by atoms with Gasteiger partial charge in [0.1, 0.15) is 6.04 Å². The van der Waals surface area contributed by atoms with Gasteiger partial charge >= 0.3 is 5.97 Å². The molecule has 0 aliphatic heterocycles. The quantitative estimate of drug-likeness (QED) is 0.378. The second-order valence-corrected chi connectivity index (χ2v) is 11.2. The van der Waals surface area contributed by atoms with Crippen molar-refractivity contribution in [1.82, 2.24) is 10.3 Å². The first-order chi connectivity index (χ1) is 16.8. The third-order valence-corrected chi connectivity index (χ3v) is 8.09. The van der Waals surface area contributed by atoms with Crippen LogP contribution in [0.1, 0.15) is 41.5 Å². The number of amides is 1. The molecule has 0 radical (unpaired) electrons. The van der Waals surface area contributed by atoms with Crippen LogP contribution in [0.2, 0.25) is 0 Å². The first-order valence-electron chi connectivity index (χ1n) is 11.6. The SMILES string of the molecule is COC(=O)C(Cc1c[nH]c2ccc(C)cc12)NC(=O)C(CSC(C)=O)C1CCc2cc(Br)ccc21. The van der Waals surface area contributed by atoms with E-state index in [-0.39, 0.29) is 16.9 Å². The molecule has 2 aromatic carbocycles. The molecule has 0 fully saturated rings. The number of esters is 1. The second kappa shape index (κ2) is 11.0. The Hall–Kier alpha value is -2.58. The molecule has 1 amide bonds. The number of halogens is 1. The van der Waals surface area contributed by atoms with Gasteiger partial charge in [-0.1, -0.05) is 45.4 Å². The summed E-state index contributed by atoms with van der Waals surface area (Å²) in [6.45, 7) is 3.53. The zero-order valence-electron chi connectivity index (χ0n) is 20.0. The third kappa shape index (κ3) is 5.81. The topological polar surface area (TPSA) is 88.3 Å². The Bertz CT molecular complexity index is 1270. The average molecular weight is 558 g/mol. The number of thioether (sulfide) groups is 1. The molecule has 1 aliphatic carbocycles.